The Hall–Kier alpha value is -3.55. The highest BCUT2D eigenvalue weighted by Gasteiger charge is 2.43. The molecular weight excluding hydrogens is 690 g/mol. The lowest BCUT2D eigenvalue weighted by atomic mass is 9.89. The van der Waals surface area contributed by atoms with Crippen LogP contribution in [0.15, 0.2) is 30.3 Å². The van der Waals surface area contributed by atoms with Crippen LogP contribution < -0.4 is 10.6 Å². The fourth-order valence-electron chi connectivity index (χ4n) is 7.90. The smallest absolute Gasteiger partial charge is 0.328 e. The predicted molar refractivity (Wildman–Crippen MR) is 209 cm³/mol. The summed E-state index contributed by atoms with van der Waals surface area (Å²) in [7, 11) is 9.80. The topological polar surface area (TPSA) is 147 Å². The molecular formula is C41H69N5O8. The molecule has 1 saturated heterocycles. The monoisotopic (exact) mass is 760 g/mol. The van der Waals surface area contributed by atoms with Gasteiger partial charge in [0.2, 0.25) is 23.6 Å². The van der Waals surface area contributed by atoms with E-state index in [1.165, 1.54) is 14.2 Å². The second-order valence-corrected chi connectivity index (χ2v) is 15.7. The molecule has 2 rings (SSSR count). The van der Waals surface area contributed by atoms with E-state index in [9.17, 15) is 24.0 Å². The Morgan fingerprint density at radius 1 is 0.870 bits per heavy atom. The molecule has 306 valence electrons. The molecule has 1 aromatic carbocycles. The van der Waals surface area contributed by atoms with Gasteiger partial charge in [0, 0.05) is 34.2 Å². The van der Waals surface area contributed by atoms with E-state index in [1.54, 1.807) is 30.9 Å². The number of rotatable bonds is 21. The highest BCUT2D eigenvalue weighted by Crippen LogP contribution is 2.30. The fraction of sp³-hybridized carbons (Fsp3) is 0.732. The van der Waals surface area contributed by atoms with Crippen molar-refractivity contribution in [3.8, 4) is 0 Å². The van der Waals surface area contributed by atoms with Crippen molar-refractivity contribution in [2.45, 2.75) is 123 Å². The van der Waals surface area contributed by atoms with Crippen LogP contribution in [0.1, 0.15) is 79.7 Å². The van der Waals surface area contributed by atoms with Gasteiger partial charge in [-0.2, -0.15) is 0 Å². The predicted octanol–water partition coefficient (Wildman–Crippen LogP) is 3.53. The average molecular weight is 760 g/mol. The van der Waals surface area contributed by atoms with Crippen molar-refractivity contribution in [3.63, 3.8) is 0 Å². The maximum Gasteiger partial charge on any atom is 0.328 e. The van der Waals surface area contributed by atoms with Gasteiger partial charge < -0.3 is 34.6 Å². The van der Waals surface area contributed by atoms with E-state index in [1.807, 2.05) is 90.9 Å². The van der Waals surface area contributed by atoms with Gasteiger partial charge in [0.1, 0.15) is 12.1 Å². The number of likely N-dealkylation sites (N-methyl/N-ethyl adjacent to an activating group) is 2. The fourth-order valence-corrected chi connectivity index (χ4v) is 7.90. The maximum absolute atomic E-state index is 14.2. The largest absolute Gasteiger partial charge is 0.467 e. The number of hydrogen-bond donors (Lipinski definition) is 2. The summed E-state index contributed by atoms with van der Waals surface area (Å²) in [5.41, 5.74) is 0.876. The Bertz CT molecular complexity index is 1350. The van der Waals surface area contributed by atoms with E-state index < -0.39 is 48.3 Å². The number of ether oxygens (including phenoxy) is 3. The summed E-state index contributed by atoms with van der Waals surface area (Å²) in [5.74, 6) is -2.41. The summed E-state index contributed by atoms with van der Waals surface area (Å²) in [6.45, 7) is 14.1. The molecule has 2 N–H and O–H groups in total. The molecule has 9 unspecified atom stereocenters. The van der Waals surface area contributed by atoms with E-state index in [0.717, 1.165) is 18.4 Å². The van der Waals surface area contributed by atoms with Gasteiger partial charge in [0.25, 0.3) is 0 Å². The van der Waals surface area contributed by atoms with Crippen LogP contribution in [0.5, 0.6) is 0 Å². The first-order chi connectivity index (χ1) is 25.4. The van der Waals surface area contributed by atoms with Crippen LogP contribution in [-0.2, 0) is 44.6 Å². The van der Waals surface area contributed by atoms with Crippen molar-refractivity contribution in [1.29, 1.82) is 0 Å². The first kappa shape index (κ1) is 46.6. The minimum absolute atomic E-state index is 0.00683. The maximum atomic E-state index is 14.2. The third kappa shape index (κ3) is 12.2. The minimum atomic E-state index is -0.890. The Morgan fingerprint density at radius 3 is 2.00 bits per heavy atom. The zero-order valence-corrected chi connectivity index (χ0v) is 35.1. The van der Waals surface area contributed by atoms with Gasteiger partial charge in [-0.25, -0.2) is 4.79 Å². The molecule has 4 amide bonds. The number of methoxy groups -OCH3 is 3. The van der Waals surface area contributed by atoms with E-state index >= 15 is 0 Å². The SMILES string of the molecule is CCC(C)C(C(CC(=O)N1CCCC1C(OC)C(C)C(=O)NC(Cc1ccccc1)C(=O)OC)OC)N(C)C(=O)C(NC(=O)C(C(C)C)N(C)C)C(C)C. The second-order valence-electron chi connectivity index (χ2n) is 15.7. The Balaban J connectivity index is 2.29. The van der Waals surface area contributed by atoms with Crippen molar-refractivity contribution in [3.05, 3.63) is 35.9 Å². The van der Waals surface area contributed by atoms with Crippen molar-refractivity contribution in [1.82, 2.24) is 25.3 Å². The standard InChI is InChI=1S/C41H69N5O8/c1-14-27(6)36(45(10)40(50)34(25(2)3)43-39(49)35(26(4)5)44(8)9)32(52-11)24-33(47)46-22-18-21-31(46)37(53-12)28(7)38(48)42-30(41(51)54-13)23-29-19-16-15-17-20-29/h15-17,19-20,25-28,30-32,34-37H,14,18,21-24H2,1-13H3,(H,42,48)(H,43,49). The summed E-state index contributed by atoms with van der Waals surface area (Å²) >= 11 is 0. The summed E-state index contributed by atoms with van der Waals surface area (Å²) in [6.07, 6.45) is 1.08. The molecule has 0 bridgehead atoms. The minimum Gasteiger partial charge on any atom is -0.467 e. The van der Waals surface area contributed by atoms with Crippen molar-refractivity contribution in [2.24, 2.45) is 23.7 Å². The van der Waals surface area contributed by atoms with Gasteiger partial charge in [0.05, 0.1) is 49.8 Å². The van der Waals surface area contributed by atoms with Crippen LogP contribution in [0.4, 0.5) is 0 Å². The van der Waals surface area contributed by atoms with Crippen LogP contribution in [0.25, 0.3) is 0 Å². The first-order valence-electron chi connectivity index (χ1n) is 19.5. The number of hydrogen-bond acceptors (Lipinski definition) is 9. The number of carbonyl (C=O) groups is 5. The van der Waals surface area contributed by atoms with Gasteiger partial charge in [-0.3, -0.25) is 24.1 Å². The number of likely N-dealkylation sites (tertiary alicyclic amines) is 1. The normalized spacial score (nSPS) is 19.0. The summed E-state index contributed by atoms with van der Waals surface area (Å²) in [4.78, 5) is 73.5. The van der Waals surface area contributed by atoms with Crippen LogP contribution in [-0.4, -0.2) is 136 Å². The first-order valence-corrected chi connectivity index (χ1v) is 19.5. The number of esters is 1. The van der Waals surface area contributed by atoms with Crippen molar-refractivity contribution >= 4 is 29.6 Å². The zero-order chi connectivity index (χ0) is 40.9. The van der Waals surface area contributed by atoms with Gasteiger partial charge in [-0.15, -0.1) is 0 Å². The number of benzene rings is 1. The molecule has 54 heavy (non-hydrogen) atoms. The van der Waals surface area contributed by atoms with E-state index in [0.29, 0.717) is 13.0 Å². The molecule has 0 aliphatic carbocycles. The highest BCUT2D eigenvalue weighted by atomic mass is 16.5. The van der Waals surface area contributed by atoms with Crippen LogP contribution in [0.3, 0.4) is 0 Å². The Kier molecular flexibility index (Phi) is 19.1. The Labute approximate surface area is 324 Å². The Morgan fingerprint density at radius 2 is 1.50 bits per heavy atom. The summed E-state index contributed by atoms with van der Waals surface area (Å²) < 4.78 is 16.9. The lowest BCUT2D eigenvalue weighted by molar-refractivity contribution is -0.149. The molecule has 1 heterocycles. The second kappa shape index (κ2) is 22.1. The van der Waals surface area contributed by atoms with Crippen molar-refractivity contribution < 1.29 is 38.2 Å². The van der Waals surface area contributed by atoms with Gasteiger partial charge in [0.15, 0.2) is 0 Å². The number of nitrogens with zero attached hydrogens (tertiary/aromatic N) is 3. The number of nitrogens with one attached hydrogen (secondary N) is 2. The molecule has 1 aliphatic heterocycles. The van der Waals surface area contributed by atoms with E-state index in [4.69, 9.17) is 14.2 Å². The van der Waals surface area contributed by atoms with E-state index in [2.05, 4.69) is 10.6 Å². The quantitative estimate of drug-likeness (QED) is 0.180. The van der Waals surface area contributed by atoms with Crippen LogP contribution >= 0.6 is 0 Å². The van der Waals surface area contributed by atoms with Gasteiger partial charge in [-0.1, -0.05) is 85.2 Å². The van der Waals surface area contributed by atoms with Gasteiger partial charge in [-0.05, 0) is 50.3 Å². The molecule has 13 nitrogen and oxygen atoms in total. The zero-order valence-electron chi connectivity index (χ0n) is 35.1. The molecule has 0 aromatic heterocycles. The summed E-state index contributed by atoms with van der Waals surface area (Å²) in [5, 5.41) is 5.89. The average Bonchev–Trinajstić information content (AvgIpc) is 3.62. The van der Waals surface area contributed by atoms with Crippen LogP contribution in [0, 0.1) is 23.7 Å². The number of carbonyl (C=O) groups excluding carboxylic acids is 5. The van der Waals surface area contributed by atoms with Crippen molar-refractivity contribution in [2.75, 3.05) is 49.0 Å². The molecule has 0 radical (unpaired) electrons. The third-order valence-corrected chi connectivity index (χ3v) is 11.0. The molecule has 1 aliphatic rings. The van der Waals surface area contributed by atoms with E-state index in [-0.39, 0.29) is 60.3 Å². The highest BCUT2D eigenvalue weighted by molar-refractivity contribution is 5.90. The third-order valence-electron chi connectivity index (χ3n) is 11.0. The van der Waals surface area contributed by atoms with Crippen LogP contribution in [0.2, 0.25) is 0 Å². The van der Waals surface area contributed by atoms with Gasteiger partial charge >= 0.3 is 5.97 Å². The molecule has 0 saturated carbocycles. The molecule has 0 spiro atoms. The molecule has 1 fully saturated rings. The molecule has 13 heteroatoms. The molecule has 9 atom stereocenters. The number of amides is 4. The lowest BCUT2D eigenvalue weighted by Crippen LogP contribution is -2.59. The lowest BCUT2D eigenvalue weighted by Gasteiger charge is -2.41. The molecule has 1 aromatic rings. The summed E-state index contributed by atoms with van der Waals surface area (Å²) in [6, 6.07) is 6.46.